The summed E-state index contributed by atoms with van der Waals surface area (Å²) in [6.45, 7) is 9.27. The molecule has 0 radical (unpaired) electrons. The van der Waals surface area contributed by atoms with E-state index in [2.05, 4.69) is 91.8 Å². The third kappa shape index (κ3) is 8.47. The van der Waals surface area contributed by atoms with E-state index in [1.807, 2.05) is 36.4 Å². The van der Waals surface area contributed by atoms with E-state index in [1.165, 1.54) is 33.4 Å². The molecule has 0 aliphatic carbocycles. The minimum absolute atomic E-state index is 0.666. The van der Waals surface area contributed by atoms with Crippen LogP contribution in [-0.2, 0) is 13.1 Å². The van der Waals surface area contributed by atoms with Crippen molar-refractivity contribution in [2.45, 2.75) is 33.4 Å². The predicted molar refractivity (Wildman–Crippen MR) is 158 cm³/mol. The van der Waals surface area contributed by atoms with Crippen molar-refractivity contribution in [3.05, 3.63) is 119 Å². The van der Waals surface area contributed by atoms with E-state index >= 15 is 0 Å². The zero-order valence-electron chi connectivity index (χ0n) is 23.0. The monoisotopic (exact) mass is 508 g/mol. The summed E-state index contributed by atoms with van der Waals surface area (Å²) in [6, 6.07) is 33.7. The average molecular weight is 509 g/mol. The molecule has 0 atom stereocenters. The van der Waals surface area contributed by atoms with Crippen LogP contribution in [-0.4, -0.2) is 38.3 Å². The smallest absolute Gasteiger partial charge is 0.119 e. The van der Waals surface area contributed by atoms with Gasteiger partial charge in [-0.1, -0.05) is 66.7 Å². The molecule has 4 aromatic carbocycles. The topological polar surface area (TPSA) is 33.7 Å². The molecule has 0 aliphatic heterocycles. The number of nitrogens with zero attached hydrogens (tertiary/aromatic N) is 1. The molecule has 4 aromatic rings. The maximum Gasteiger partial charge on any atom is 0.119 e. The molecule has 4 nitrogen and oxygen atoms in total. The number of aryl methyl sites for hydroxylation is 2. The summed E-state index contributed by atoms with van der Waals surface area (Å²) in [4.78, 5) is 2.30. The van der Waals surface area contributed by atoms with Gasteiger partial charge in [0, 0.05) is 19.6 Å². The Bertz CT molecular complexity index is 1260. The number of likely N-dealkylation sites (N-methyl/N-ethyl adjacent to an activating group) is 1. The summed E-state index contributed by atoms with van der Waals surface area (Å²) in [5.41, 5.74) is 7.63. The Kier molecular flexibility index (Phi) is 10.4. The van der Waals surface area contributed by atoms with Crippen LogP contribution < -0.4 is 14.8 Å². The summed E-state index contributed by atoms with van der Waals surface area (Å²) in [5, 5.41) is 3.49. The maximum atomic E-state index is 6.13. The molecule has 0 heterocycles. The van der Waals surface area contributed by atoms with Gasteiger partial charge in [-0.05, 0) is 97.6 Å². The lowest BCUT2D eigenvalue weighted by Crippen LogP contribution is -2.23. The first-order chi connectivity index (χ1) is 18.6. The van der Waals surface area contributed by atoms with Gasteiger partial charge in [0.25, 0.3) is 0 Å². The number of benzene rings is 4. The molecule has 0 saturated carbocycles. The molecule has 0 bridgehead atoms. The van der Waals surface area contributed by atoms with Gasteiger partial charge in [0.2, 0.25) is 0 Å². The van der Waals surface area contributed by atoms with Crippen LogP contribution in [0.2, 0.25) is 0 Å². The lowest BCUT2D eigenvalue weighted by atomic mass is 9.94. The molecule has 0 fully saturated rings. The van der Waals surface area contributed by atoms with Crippen molar-refractivity contribution in [3.8, 4) is 22.6 Å². The molecule has 1 N–H and O–H groups in total. The summed E-state index contributed by atoms with van der Waals surface area (Å²) in [5.74, 6) is 1.84. The van der Waals surface area contributed by atoms with E-state index in [0.29, 0.717) is 13.2 Å². The molecular formula is C34H40N2O2. The number of nitrogens with one attached hydrogen (secondary N) is 1. The highest BCUT2D eigenvalue weighted by atomic mass is 16.5. The number of para-hydroxylation sites is 1. The Hall–Kier alpha value is -3.60. The standard InChI is InChI=1S/C34H40N2O2/c1-27-15-17-30(26-36(3)20-22-38-31-13-8-5-9-14-31)23-33(27)34-24-32(18-16-28(34)2)37-21-10-19-35-25-29-11-6-4-7-12-29/h4-9,11-18,23-24,35H,10,19-22,25-26H2,1-3H3. The normalized spacial score (nSPS) is 11.1. The summed E-state index contributed by atoms with van der Waals surface area (Å²) >= 11 is 0. The predicted octanol–water partition coefficient (Wildman–Crippen LogP) is 7.04. The van der Waals surface area contributed by atoms with Crippen molar-refractivity contribution in [3.63, 3.8) is 0 Å². The van der Waals surface area contributed by atoms with E-state index < -0.39 is 0 Å². The Labute approximate surface area is 228 Å². The van der Waals surface area contributed by atoms with Crippen molar-refractivity contribution in [1.29, 1.82) is 0 Å². The third-order valence-electron chi connectivity index (χ3n) is 6.68. The van der Waals surface area contributed by atoms with E-state index in [4.69, 9.17) is 9.47 Å². The molecule has 0 aromatic heterocycles. The lowest BCUT2D eigenvalue weighted by Gasteiger charge is -2.19. The Morgan fingerprint density at radius 3 is 2.08 bits per heavy atom. The summed E-state index contributed by atoms with van der Waals surface area (Å²) < 4.78 is 12.0. The van der Waals surface area contributed by atoms with Crippen LogP contribution in [0.15, 0.2) is 97.1 Å². The molecule has 0 saturated heterocycles. The Balaban J connectivity index is 1.29. The van der Waals surface area contributed by atoms with Crippen LogP contribution in [0, 0.1) is 13.8 Å². The van der Waals surface area contributed by atoms with Gasteiger partial charge < -0.3 is 14.8 Å². The van der Waals surface area contributed by atoms with Crippen molar-refractivity contribution in [2.75, 3.05) is 33.4 Å². The highest BCUT2D eigenvalue weighted by Crippen LogP contribution is 2.31. The lowest BCUT2D eigenvalue weighted by molar-refractivity contribution is 0.233. The molecule has 4 rings (SSSR count). The first kappa shape index (κ1) is 27.4. The third-order valence-corrected chi connectivity index (χ3v) is 6.68. The molecule has 0 aliphatic rings. The van der Waals surface area contributed by atoms with Crippen molar-refractivity contribution in [2.24, 2.45) is 0 Å². The molecule has 0 unspecified atom stereocenters. The second kappa shape index (κ2) is 14.4. The molecular weight excluding hydrogens is 468 g/mol. The van der Waals surface area contributed by atoms with Crippen LogP contribution in [0.1, 0.15) is 28.7 Å². The first-order valence-corrected chi connectivity index (χ1v) is 13.5. The van der Waals surface area contributed by atoms with Gasteiger partial charge in [-0.25, -0.2) is 0 Å². The molecule has 4 heteroatoms. The highest BCUT2D eigenvalue weighted by molar-refractivity contribution is 5.72. The second-order valence-electron chi connectivity index (χ2n) is 9.89. The average Bonchev–Trinajstić information content (AvgIpc) is 2.94. The van der Waals surface area contributed by atoms with Crippen molar-refractivity contribution < 1.29 is 9.47 Å². The second-order valence-corrected chi connectivity index (χ2v) is 9.89. The summed E-state index contributed by atoms with van der Waals surface area (Å²) in [6.07, 6.45) is 0.963. The maximum absolute atomic E-state index is 6.13. The fourth-order valence-electron chi connectivity index (χ4n) is 4.48. The van der Waals surface area contributed by atoms with Gasteiger partial charge in [0.15, 0.2) is 0 Å². The van der Waals surface area contributed by atoms with Crippen LogP contribution in [0.25, 0.3) is 11.1 Å². The minimum atomic E-state index is 0.666. The fraction of sp³-hybridized carbons (Fsp3) is 0.294. The zero-order chi connectivity index (χ0) is 26.6. The summed E-state index contributed by atoms with van der Waals surface area (Å²) in [7, 11) is 2.14. The van der Waals surface area contributed by atoms with Gasteiger partial charge >= 0.3 is 0 Å². The van der Waals surface area contributed by atoms with Gasteiger partial charge in [-0.3, -0.25) is 4.90 Å². The number of ether oxygens (including phenoxy) is 2. The van der Waals surface area contributed by atoms with Crippen LogP contribution in [0.4, 0.5) is 0 Å². The Morgan fingerprint density at radius 1 is 0.658 bits per heavy atom. The van der Waals surface area contributed by atoms with Crippen LogP contribution >= 0.6 is 0 Å². The quantitative estimate of drug-likeness (QED) is 0.185. The number of hydrogen-bond donors (Lipinski definition) is 1. The minimum Gasteiger partial charge on any atom is -0.494 e. The van der Waals surface area contributed by atoms with Gasteiger partial charge in [0.05, 0.1) is 6.61 Å². The molecule has 198 valence electrons. The SMILES string of the molecule is Cc1ccc(CN(C)CCOc2ccccc2)cc1-c1cc(OCCCNCc2ccccc2)ccc1C. The van der Waals surface area contributed by atoms with E-state index in [9.17, 15) is 0 Å². The van der Waals surface area contributed by atoms with Gasteiger partial charge in [0.1, 0.15) is 18.1 Å². The van der Waals surface area contributed by atoms with Crippen LogP contribution in [0.5, 0.6) is 11.5 Å². The molecule has 38 heavy (non-hydrogen) atoms. The largest absolute Gasteiger partial charge is 0.494 e. The van der Waals surface area contributed by atoms with E-state index in [0.717, 1.165) is 44.1 Å². The van der Waals surface area contributed by atoms with Crippen LogP contribution in [0.3, 0.4) is 0 Å². The highest BCUT2D eigenvalue weighted by Gasteiger charge is 2.10. The van der Waals surface area contributed by atoms with Gasteiger partial charge in [-0.2, -0.15) is 0 Å². The zero-order valence-corrected chi connectivity index (χ0v) is 23.0. The first-order valence-electron chi connectivity index (χ1n) is 13.5. The van der Waals surface area contributed by atoms with E-state index in [-0.39, 0.29) is 0 Å². The molecule has 0 spiro atoms. The number of hydrogen-bond acceptors (Lipinski definition) is 4. The molecule has 0 amide bonds. The number of rotatable bonds is 14. The van der Waals surface area contributed by atoms with Crippen molar-refractivity contribution >= 4 is 0 Å². The van der Waals surface area contributed by atoms with Crippen molar-refractivity contribution in [1.82, 2.24) is 10.2 Å². The van der Waals surface area contributed by atoms with E-state index in [1.54, 1.807) is 0 Å². The fourth-order valence-corrected chi connectivity index (χ4v) is 4.48. The van der Waals surface area contributed by atoms with Gasteiger partial charge in [-0.15, -0.1) is 0 Å². The Morgan fingerprint density at radius 2 is 1.32 bits per heavy atom.